The largest absolute Gasteiger partial charge is 0.488 e. The second-order valence-corrected chi connectivity index (χ2v) is 3.02. The molecule has 0 saturated heterocycles. The van der Waals surface area contributed by atoms with Gasteiger partial charge in [-0.2, -0.15) is 0 Å². The Kier molecular flexibility index (Phi) is 3.94. The molecule has 0 aromatic heterocycles. The molecule has 0 saturated carbocycles. The van der Waals surface area contributed by atoms with Crippen LogP contribution in [0.3, 0.4) is 0 Å². The summed E-state index contributed by atoms with van der Waals surface area (Å²) >= 11 is 0. The Bertz CT molecular complexity index is 305. The van der Waals surface area contributed by atoms with E-state index >= 15 is 0 Å². The fourth-order valence-electron chi connectivity index (χ4n) is 1.29. The molecule has 0 heterocycles. The third-order valence-electron chi connectivity index (χ3n) is 2.02. The molecule has 76 valence electrons. The van der Waals surface area contributed by atoms with Crippen molar-refractivity contribution in [3.05, 3.63) is 23.8 Å². The van der Waals surface area contributed by atoms with Gasteiger partial charge in [0.25, 0.3) is 0 Å². The average molecular weight is 194 g/mol. The molecule has 0 fully saturated rings. The molecule has 5 heteroatoms. The van der Waals surface area contributed by atoms with E-state index in [-0.39, 0.29) is 0 Å². The lowest BCUT2D eigenvalue weighted by Crippen LogP contribution is -2.30. The normalized spacial score (nSPS) is 10.0. The maximum absolute atomic E-state index is 8.98. The van der Waals surface area contributed by atoms with Gasteiger partial charge in [0.05, 0.1) is 0 Å². The topological polar surface area (TPSA) is 78.5 Å². The van der Waals surface area contributed by atoms with Crippen molar-refractivity contribution < 1.29 is 10.0 Å². The summed E-state index contributed by atoms with van der Waals surface area (Å²) in [4.78, 5) is 0. The number of benzene rings is 1. The summed E-state index contributed by atoms with van der Waals surface area (Å²) < 4.78 is 0. The first kappa shape index (κ1) is 11.0. The molecule has 0 aliphatic rings. The Hall–Kier alpha value is -1.04. The van der Waals surface area contributed by atoms with Gasteiger partial charge < -0.3 is 21.1 Å². The molecular formula is C9H15BN2O2. The smallest absolute Gasteiger partial charge is 0.423 e. The minimum atomic E-state index is -1.43. The van der Waals surface area contributed by atoms with Gasteiger partial charge in [-0.1, -0.05) is 12.1 Å². The van der Waals surface area contributed by atoms with Crippen LogP contribution in [0.4, 0.5) is 5.69 Å². The monoisotopic (exact) mass is 194 g/mol. The first-order chi connectivity index (χ1) is 6.69. The summed E-state index contributed by atoms with van der Waals surface area (Å²) in [7, 11) is -1.43. The maximum Gasteiger partial charge on any atom is 0.488 e. The van der Waals surface area contributed by atoms with E-state index in [0.717, 1.165) is 17.8 Å². The predicted molar refractivity (Wildman–Crippen MR) is 58.3 cm³/mol. The highest BCUT2D eigenvalue weighted by Gasteiger charge is 2.12. The van der Waals surface area contributed by atoms with E-state index < -0.39 is 7.12 Å². The van der Waals surface area contributed by atoms with Crippen molar-refractivity contribution in [1.29, 1.82) is 0 Å². The fraction of sp³-hybridized carbons (Fsp3) is 0.333. The van der Waals surface area contributed by atoms with Crippen molar-refractivity contribution in [1.82, 2.24) is 0 Å². The first-order valence-corrected chi connectivity index (χ1v) is 4.62. The Morgan fingerprint density at radius 3 is 2.64 bits per heavy atom. The Morgan fingerprint density at radius 2 is 2.14 bits per heavy atom. The van der Waals surface area contributed by atoms with Crippen molar-refractivity contribution in [2.75, 3.05) is 11.9 Å². The van der Waals surface area contributed by atoms with Crippen LogP contribution in [0.1, 0.15) is 12.5 Å². The van der Waals surface area contributed by atoms with Crippen LogP contribution in [0.15, 0.2) is 18.2 Å². The maximum atomic E-state index is 8.98. The third-order valence-corrected chi connectivity index (χ3v) is 2.02. The third kappa shape index (κ3) is 2.48. The molecule has 0 unspecified atom stereocenters. The zero-order chi connectivity index (χ0) is 10.6. The summed E-state index contributed by atoms with van der Waals surface area (Å²) in [5.74, 6) is 0. The summed E-state index contributed by atoms with van der Waals surface area (Å²) in [5, 5.41) is 21.1. The SMILES string of the molecule is CCNc1cc(B(O)O)ccc1CN. The lowest BCUT2D eigenvalue weighted by molar-refractivity contribution is 0.426. The number of nitrogens with one attached hydrogen (secondary N) is 1. The van der Waals surface area contributed by atoms with Gasteiger partial charge in [0.15, 0.2) is 0 Å². The van der Waals surface area contributed by atoms with Gasteiger partial charge >= 0.3 is 7.12 Å². The molecular weight excluding hydrogens is 179 g/mol. The number of rotatable bonds is 4. The minimum Gasteiger partial charge on any atom is -0.423 e. The van der Waals surface area contributed by atoms with Gasteiger partial charge in [-0.05, 0) is 24.0 Å². The molecule has 4 nitrogen and oxygen atoms in total. The van der Waals surface area contributed by atoms with Crippen molar-refractivity contribution >= 4 is 18.3 Å². The zero-order valence-corrected chi connectivity index (χ0v) is 8.20. The molecule has 0 aliphatic heterocycles. The highest BCUT2D eigenvalue weighted by molar-refractivity contribution is 6.58. The second kappa shape index (κ2) is 5.00. The summed E-state index contributed by atoms with van der Waals surface area (Å²) in [6.45, 7) is 3.18. The van der Waals surface area contributed by atoms with Crippen LogP contribution in [0.2, 0.25) is 0 Å². The van der Waals surface area contributed by atoms with E-state index in [1.54, 1.807) is 18.2 Å². The second-order valence-electron chi connectivity index (χ2n) is 3.02. The standard InChI is InChI=1S/C9H15BN2O2/c1-2-12-9-5-8(10(13)14)4-3-7(9)6-11/h3-5,12-14H,2,6,11H2,1H3. The van der Waals surface area contributed by atoms with Gasteiger partial charge in [-0.25, -0.2) is 0 Å². The quantitative estimate of drug-likeness (QED) is 0.476. The number of nitrogens with two attached hydrogens (primary N) is 1. The van der Waals surface area contributed by atoms with Crippen molar-refractivity contribution in [2.45, 2.75) is 13.5 Å². The van der Waals surface area contributed by atoms with E-state index in [1.807, 2.05) is 6.92 Å². The van der Waals surface area contributed by atoms with Crippen LogP contribution in [-0.4, -0.2) is 23.7 Å². The summed E-state index contributed by atoms with van der Waals surface area (Å²) in [5.41, 5.74) is 7.84. The predicted octanol–water partition coefficient (Wildman–Crippen LogP) is -0.743. The van der Waals surface area contributed by atoms with Gasteiger partial charge in [0, 0.05) is 18.8 Å². The molecule has 0 radical (unpaired) electrons. The molecule has 0 aliphatic carbocycles. The number of anilines is 1. The Morgan fingerprint density at radius 1 is 1.43 bits per heavy atom. The molecule has 1 aromatic carbocycles. The molecule has 0 atom stereocenters. The van der Waals surface area contributed by atoms with Crippen LogP contribution in [-0.2, 0) is 6.54 Å². The molecule has 1 aromatic rings. The fourth-order valence-corrected chi connectivity index (χ4v) is 1.29. The molecule has 0 bridgehead atoms. The first-order valence-electron chi connectivity index (χ1n) is 4.62. The van der Waals surface area contributed by atoms with Gasteiger partial charge in [-0.3, -0.25) is 0 Å². The van der Waals surface area contributed by atoms with Crippen LogP contribution >= 0.6 is 0 Å². The highest BCUT2D eigenvalue weighted by Crippen LogP contribution is 2.12. The Balaban J connectivity index is 3.01. The molecule has 1 rings (SSSR count). The van der Waals surface area contributed by atoms with Gasteiger partial charge in [0.1, 0.15) is 0 Å². The molecule has 0 spiro atoms. The lowest BCUT2D eigenvalue weighted by atomic mass is 9.79. The highest BCUT2D eigenvalue weighted by atomic mass is 16.4. The minimum absolute atomic E-state index is 0.435. The van der Waals surface area contributed by atoms with E-state index in [4.69, 9.17) is 15.8 Å². The average Bonchev–Trinajstić information content (AvgIpc) is 2.18. The van der Waals surface area contributed by atoms with E-state index in [0.29, 0.717) is 12.0 Å². The molecule has 5 N–H and O–H groups in total. The van der Waals surface area contributed by atoms with Crippen LogP contribution in [0.5, 0.6) is 0 Å². The molecule has 0 amide bonds. The Labute approximate surface area is 83.9 Å². The molecule has 14 heavy (non-hydrogen) atoms. The van der Waals surface area contributed by atoms with Crippen LogP contribution in [0.25, 0.3) is 0 Å². The van der Waals surface area contributed by atoms with E-state index in [9.17, 15) is 0 Å². The van der Waals surface area contributed by atoms with Crippen molar-refractivity contribution in [3.8, 4) is 0 Å². The van der Waals surface area contributed by atoms with Crippen molar-refractivity contribution in [3.63, 3.8) is 0 Å². The van der Waals surface area contributed by atoms with Crippen LogP contribution in [0, 0.1) is 0 Å². The lowest BCUT2D eigenvalue weighted by Gasteiger charge is -2.11. The zero-order valence-electron chi connectivity index (χ0n) is 8.20. The van der Waals surface area contributed by atoms with Gasteiger partial charge in [-0.15, -0.1) is 0 Å². The summed E-state index contributed by atoms with van der Waals surface area (Å²) in [6, 6.07) is 5.16. The van der Waals surface area contributed by atoms with Crippen molar-refractivity contribution in [2.24, 2.45) is 5.73 Å². The van der Waals surface area contributed by atoms with E-state index in [1.165, 1.54) is 0 Å². The number of hydrogen-bond acceptors (Lipinski definition) is 4. The summed E-state index contributed by atoms with van der Waals surface area (Å²) in [6.07, 6.45) is 0. The van der Waals surface area contributed by atoms with E-state index in [2.05, 4.69) is 5.32 Å². The number of hydrogen-bond donors (Lipinski definition) is 4. The van der Waals surface area contributed by atoms with Crippen LogP contribution < -0.4 is 16.5 Å². The van der Waals surface area contributed by atoms with Gasteiger partial charge in [0.2, 0.25) is 0 Å².